The first kappa shape index (κ1) is 17.5. The zero-order valence-electron chi connectivity index (χ0n) is 15.5. The summed E-state index contributed by atoms with van der Waals surface area (Å²) >= 11 is 0. The number of hydrogen-bond acceptors (Lipinski definition) is 6. The molecule has 0 aliphatic carbocycles. The molecule has 7 heteroatoms. The van der Waals surface area contributed by atoms with E-state index in [1.807, 2.05) is 45.0 Å². The van der Waals surface area contributed by atoms with E-state index in [9.17, 15) is 4.39 Å². The Balaban J connectivity index is 1.78. The van der Waals surface area contributed by atoms with Gasteiger partial charge in [-0.05, 0) is 19.4 Å². The zero-order valence-corrected chi connectivity index (χ0v) is 15.5. The molecule has 0 atom stereocenters. The van der Waals surface area contributed by atoms with Gasteiger partial charge in [0.25, 0.3) is 0 Å². The number of nitrogens with zero attached hydrogens (tertiary/aromatic N) is 6. The number of rotatable bonds is 2. The van der Waals surface area contributed by atoms with Gasteiger partial charge in [-0.3, -0.25) is 0 Å². The molecule has 25 heavy (non-hydrogen) atoms. The molecule has 0 radical (unpaired) electrons. The monoisotopic (exact) mass is 344 g/mol. The summed E-state index contributed by atoms with van der Waals surface area (Å²) in [6.07, 6.45) is 3.63. The van der Waals surface area contributed by atoms with Crippen molar-refractivity contribution in [2.24, 2.45) is 0 Å². The van der Waals surface area contributed by atoms with Crippen molar-refractivity contribution >= 4 is 11.8 Å². The van der Waals surface area contributed by atoms with Crippen molar-refractivity contribution < 1.29 is 4.39 Å². The van der Waals surface area contributed by atoms with Crippen molar-refractivity contribution in [2.75, 3.05) is 36.0 Å². The highest BCUT2D eigenvalue weighted by Gasteiger charge is 2.26. The van der Waals surface area contributed by atoms with Gasteiger partial charge >= 0.3 is 0 Å². The summed E-state index contributed by atoms with van der Waals surface area (Å²) in [6, 6.07) is 0. The minimum Gasteiger partial charge on any atom is -0.351 e. The first-order valence-electron chi connectivity index (χ1n) is 8.59. The molecule has 1 saturated heterocycles. The third kappa shape index (κ3) is 3.70. The van der Waals surface area contributed by atoms with Crippen molar-refractivity contribution in [1.29, 1.82) is 0 Å². The fourth-order valence-corrected chi connectivity index (χ4v) is 2.76. The van der Waals surface area contributed by atoms with Gasteiger partial charge < -0.3 is 9.80 Å². The topological polar surface area (TPSA) is 58.0 Å². The van der Waals surface area contributed by atoms with E-state index in [4.69, 9.17) is 0 Å². The third-order valence-electron chi connectivity index (χ3n) is 4.30. The molecule has 6 nitrogen and oxygen atoms in total. The Labute approximate surface area is 148 Å². The Morgan fingerprint density at radius 3 is 2.04 bits per heavy atom. The minimum absolute atomic E-state index is 0.217. The number of hydrogen-bond donors (Lipinski definition) is 0. The lowest BCUT2D eigenvalue weighted by Crippen LogP contribution is -2.48. The predicted octanol–water partition coefficient (Wildman–Crippen LogP) is 2.65. The Morgan fingerprint density at radius 2 is 1.48 bits per heavy atom. The molecule has 3 rings (SSSR count). The molecule has 3 heterocycles. The van der Waals surface area contributed by atoms with Crippen molar-refractivity contribution in [3.63, 3.8) is 0 Å². The summed E-state index contributed by atoms with van der Waals surface area (Å²) in [4.78, 5) is 21.7. The van der Waals surface area contributed by atoms with Gasteiger partial charge in [0.1, 0.15) is 5.82 Å². The van der Waals surface area contributed by atoms with E-state index in [0.717, 1.165) is 24.6 Å². The maximum Gasteiger partial charge on any atom is 0.225 e. The highest BCUT2D eigenvalue weighted by atomic mass is 19.1. The second-order valence-electron chi connectivity index (χ2n) is 7.55. The van der Waals surface area contributed by atoms with E-state index in [-0.39, 0.29) is 11.2 Å². The Bertz CT molecular complexity index is 745. The van der Waals surface area contributed by atoms with E-state index in [1.165, 1.54) is 0 Å². The number of halogens is 1. The van der Waals surface area contributed by atoms with Crippen LogP contribution in [0.5, 0.6) is 0 Å². The summed E-state index contributed by atoms with van der Waals surface area (Å²) in [7, 11) is 0. The number of aromatic nitrogens is 4. The SMILES string of the molecule is Cc1cnc(N2CCN(c3nc(C(C)(C)C)nc(C)c3F)CC2)nc1. The molecule has 1 aliphatic rings. The van der Waals surface area contributed by atoms with Crippen LogP contribution < -0.4 is 9.80 Å². The molecule has 1 aliphatic heterocycles. The van der Waals surface area contributed by atoms with Crippen LogP contribution in [0.2, 0.25) is 0 Å². The van der Waals surface area contributed by atoms with E-state index < -0.39 is 0 Å². The van der Waals surface area contributed by atoms with Crippen molar-refractivity contribution in [3.05, 3.63) is 35.3 Å². The smallest absolute Gasteiger partial charge is 0.225 e. The lowest BCUT2D eigenvalue weighted by molar-refractivity contribution is 0.516. The lowest BCUT2D eigenvalue weighted by atomic mass is 9.95. The summed E-state index contributed by atoms with van der Waals surface area (Å²) in [5.41, 5.74) is 1.22. The summed E-state index contributed by atoms with van der Waals surface area (Å²) in [5, 5.41) is 0. The maximum absolute atomic E-state index is 14.6. The summed E-state index contributed by atoms with van der Waals surface area (Å²) in [6.45, 7) is 12.6. The first-order valence-corrected chi connectivity index (χ1v) is 8.59. The average Bonchev–Trinajstić information content (AvgIpc) is 2.57. The Hall–Kier alpha value is -2.31. The van der Waals surface area contributed by atoms with E-state index >= 15 is 0 Å². The molecule has 2 aromatic heterocycles. The fourth-order valence-electron chi connectivity index (χ4n) is 2.76. The molecule has 0 N–H and O–H groups in total. The van der Waals surface area contributed by atoms with Gasteiger partial charge in [-0.1, -0.05) is 20.8 Å². The largest absolute Gasteiger partial charge is 0.351 e. The van der Waals surface area contributed by atoms with Crippen LogP contribution in [-0.4, -0.2) is 46.1 Å². The number of piperazine rings is 1. The highest BCUT2D eigenvalue weighted by molar-refractivity contribution is 5.45. The molecule has 0 amide bonds. The van der Waals surface area contributed by atoms with Crippen LogP contribution in [-0.2, 0) is 5.41 Å². The predicted molar refractivity (Wildman–Crippen MR) is 96.6 cm³/mol. The Kier molecular flexibility index (Phi) is 4.58. The molecule has 134 valence electrons. The third-order valence-corrected chi connectivity index (χ3v) is 4.30. The van der Waals surface area contributed by atoms with Crippen molar-refractivity contribution in [1.82, 2.24) is 19.9 Å². The van der Waals surface area contributed by atoms with Crippen LogP contribution in [0.15, 0.2) is 12.4 Å². The van der Waals surface area contributed by atoms with E-state index in [0.29, 0.717) is 30.4 Å². The second-order valence-corrected chi connectivity index (χ2v) is 7.55. The second kappa shape index (κ2) is 6.54. The van der Waals surface area contributed by atoms with E-state index in [1.54, 1.807) is 6.92 Å². The van der Waals surface area contributed by atoms with Crippen LogP contribution in [0.25, 0.3) is 0 Å². The number of anilines is 2. The van der Waals surface area contributed by atoms with Crippen LogP contribution in [0.3, 0.4) is 0 Å². The van der Waals surface area contributed by atoms with Gasteiger partial charge in [0, 0.05) is 44.0 Å². The van der Waals surface area contributed by atoms with Gasteiger partial charge in [-0.25, -0.2) is 24.3 Å². The summed E-state index contributed by atoms with van der Waals surface area (Å²) in [5.74, 6) is 1.47. The van der Waals surface area contributed by atoms with Gasteiger partial charge in [-0.2, -0.15) is 0 Å². The molecule has 1 fully saturated rings. The van der Waals surface area contributed by atoms with Crippen molar-refractivity contribution in [2.45, 2.75) is 40.0 Å². The van der Waals surface area contributed by atoms with Gasteiger partial charge in [0.15, 0.2) is 11.6 Å². The minimum atomic E-state index is -0.326. The first-order chi connectivity index (χ1) is 11.8. The van der Waals surface area contributed by atoms with Crippen molar-refractivity contribution in [3.8, 4) is 0 Å². The molecule has 0 bridgehead atoms. The molecule has 0 aromatic carbocycles. The van der Waals surface area contributed by atoms with Crippen LogP contribution in [0, 0.1) is 19.7 Å². The normalized spacial score (nSPS) is 15.6. The highest BCUT2D eigenvalue weighted by Crippen LogP contribution is 2.26. The molecule has 0 unspecified atom stereocenters. The van der Waals surface area contributed by atoms with Crippen LogP contribution >= 0.6 is 0 Å². The molecule has 2 aromatic rings. The fraction of sp³-hybridized carbons (Fsp3) is 0.556. The average molecular weight is 344 g/mol. The standard InChI is InChI=1S/C18H25FN6/c1-12-10-20-17(21-11-12)25-8-6-24(7-9-25)15-14(19)13(2)22-16(23-15)18(3,4)5/h10-11H,6-9H2,1-5H3. The Morgan fingerprint density at radius 1 is 0.920 bits per heavy atom. The lowest BCUT2D eigenvalue weighted by Gasteiger charge is -2.36. The summed E-state index contributed by atoms with van der Waals surface area (Å²) < 4.78 is 14.6. The maximum atomic E-state index is 14.6. The van der Waals surface area contributed by atoms with E-state index in [2.05, 4.69) is 24.8 Å². The quantitative estimate of drug-likeness (QED) is 0.835. The van der Waals surface area contributed by atoms with Gasteiger partial charge in [0.2, 0.25) is 5.95 Å². The van der Waals surface area contributed by atoms with Crippen LogP contribution in [0.4, 0.5) is 16.2 Å². The molecule has 0 saturated carbocycles. The molecular weight excluding hydrogens is 319 g/mol. The zero-order chi connectivity index (χ0) is 18.2. The van der Waals surface area contributed by atoms with Gasteiger partial charge in [0.05, 0.1) is 5.69 Å². The van der Waals surface area contributed by atoms with Crippen LogP contribution in [0.1, 0.15) is 37.9 Å². The number of aryl methyl sites for hydroxylation is 2. The van der Waals surface area contributed by atoms with Gasteiger partial charge in [-0.15, -0.1) is 0 Å². The molecule has 0 spiro atoms. The molecular formula is C18H25FN6.